The number of carbonyl (C=O) groups excluding carboxylic acids is 2. The van der Waals surface area contributed by atoms with Crippen LogP contribution in [0.5, 0.6) is 0 Å². The van der Waals surface area contributed by atoms with Crippen LogP contribution in [-0.2, 0) is 16.0 Å². The van der Waals surface area contributed by atoms with Crippen LogP contribution < -0.4 is 0 Å². The van der Waals surface area contributed by atoms with Crippen LogP contribution in [0, 0.1) is 0 Å². The Labute approximate surface area is 93.0 Å². The molecule has 15 heavy (non-hydrogen) atoms. The summed E-state index contributed by atoms with van der Waals surface area (Å²) in [5.74, 6) is -1.24. The van der Waals surface area contributed by atoms with Gasteiger partial charge in [-0.3, -0.25) is 4.79 Å². The topological polar surface area (TPSA) is 43.4 Å². The largest absolute Gasteiger partial charge is 0.390 e. The van der Waals surface area contributed by atoms with Gasteiger partial charge in [-0.25, -0.2) is 4.79 Å². The summed E-state index contributed by atoms with van der Waals surface area (Å²) >= 11 is 5.79. The summed E-state index contributed by atoms with van der Waals surface area (Å²) in [6.07, 6.45) is 0.656. The van der Waals surface area contributed by atoms with Crippen molar-refractivity contribution in [2.75, 3.05) is 0 Å². The highest BCUT2D eigenvalue weighted by molar-refractivity contribution is 6.30. The van der Waals surface area contributed by atoms with E-state index in [9.17, 15) is 9.59 Å². The molecule has 80 valence electrons. The Morgan fingerprint density at radius 2 is 2.07 bits per heavy atom. The van der Waals surface area contributed by atoms with Gasteiger partial charge in [0, 0.05) is 11.9 Å². The molecule has 0 bridgehead atoms. The van der Waals surface area contributed by atoms with Crippen molar-refractivity contribution in [1.29, 1.82) is 0 Å². The van der Waals surface area contributed by atoms with Gasteiger partial charge in [-0.2, -0.15) is 0 Å². The molecule has 4 heteroatoms. The van der Waals surface area contributed by atoms with Gasteiger partial charge in [0.05, 0.1) is 5.56 Å². The summed E-state index contributed by atoms with van der Waals surface area (Å²) in [4.78, 5) is 22.1. The first kappa shape index (κ1) is 11.7. The van der Waals surface area contributed by atoms with E-state index in [-0.39, 0.29) is 0 Å². The molecule has 0 atom stereocenters. The molecule has 0 fully saturated rings. The minimum absolute atomic E-state index is 0.386. The first-order chi connectivity index (χ1) is 7.04. The monoisotopic (exact) mass is 226 g/mol. The van der Waals surface area contributed by atoms with Gasteiger partial charge in [0.15, 0.2) is 0 Å². The van der Waals surface area contributed by atoms with Gasteiger partial charge in [-0.15, -0.1) is 0 Å². The van der Waals surface area contributed by atoms with Gasteiger partial charge in [-0.1, -0.05) is 18.5 Å². The van der Waals surface area contributed by atoms with Crippen molar-refractivity contribution in [2.24, 2.45) is 0 Å². The van der Waals surface area contributed by atoms with Gasteiger partial charge in [0.1, 0.15) is 0 Å². The maximum absolute atomic E-state index is 11.5. The third-order valence-electron chi connectivity index (χ3n) is 1.90. The van der Waals surface area contributed by atoms with E-state index in [0.717, 1.165) is 5.56 Å². The van der Waals surface area contributed by atoms with Crippen molar-refractivity contribution < 1.29 is 14.3 Å². The predicted molar refractivity (Wildman–Crippen MR) is 56.9 cm³/mol. The molecule has 0 N–H and O–H groups in total. The predicted octanol–water partition coefficient (Wildman–Crippen LogP) is 2.61. The van der Waals surface area contributed by atoms with Crippen molar-refractivity contribution in [1.82, 2.24) is 0 Å². The number of aryl methyl sites for hydroxylation is 1. The van der Waals surface area contributed by atoms with Crippen LogP contribution in [0.1, 0.15) is 29.8 Å². The maximum atomic E-state index is 11.5. The van der Waals surface area contributed by atoms with Crippen LogP contribution in [0.4, 0.5) is 0 Å². The molecule has 0 amide bonds. The van der Waals surface area contributed by atoms with Gasteiger partial charge in [0.2, 0.25) is 0 Å². The highest BCUT2D eigenvalue weighted by Gasteiger charge is 2.13. The zero-order valence-corrected chi connectivity index (χ0v) is 9.30. The average molecular weight is 227 g/mol. The summed E-state index contributed by atoms with van der Waals surface area (Å²) in [7, 11) is 0. The van der Waals surface area contributed by atoms with Crippen LogP contribution in [-0.4, -0.2) is 11.9 Å². The Kier molecular flexibility index (Phi) is 3.86. The van der Waals surface area contributed by atoms with E-state index in [1.165, 1.54) is 6.92 Å². The zero-order chi connectivity index (χ0) is 11.4. The van der Waals surface area contributed by atoms with Gasteiger partial charge in [0.25, 0.3) is 0 Å². The van der Waals surface area contributed by atoms with Crippen LogP contribution in [0.3, 0.4) is 0 Å². The lowest BCUT2D eigenvalue weighted by Crippen LogP contribution is -2.11. The van der Waals surface area contributed by atoms with E-state index < -0.39 is 11.9 Å². The second kappa shape index (κ2) is 4.94. The zero-order valence-electron chi connectivity index (χ0n) is 8.54. The van der Waals surface area contributed by atoms with Crippen molar-refractivity contribution in [3.8, 4) is 0 Å². The molecule has 0 aliphatic heterocycles. The fraction of sp³-hybridized carbons (Fsp3) is 0.273. The molecule has 0 aliphatic carbocycles. The third kappa shape index (κ3) is 3.06. The average Bonchev–Trinajstić information content (AvgIpc) is 2.16. The smallest absolute Gasteiger partial charge is 0.346 e. The Balaban J connectivity index is 3.02. The summed E-state index contributed by atoms with van der Waals surface area (Å²) in [6.45, 7) is 3.09. The minimum atomic E-state index is -0.629. The van der Waals surface area contributed by atoms with E-state index in [4.69, 9.17) is 11.6 Å². The number of carbonyl (C=O) groups is 2. The third-order valence-corrected chi connectivity index (χ3v) is 2.14. The van der Waals surface area contributed by atoms with E-state index in [1.54, 1.807) is 18.2 Å². The molecule has 1 rings (SSSR count). The molecule has 0 aliphatic rings. The number of hydrogen-bond acceptors (Lipinski definition) is 3. The van der Waals surface area contributed by atoms with E-state index in [1.807, 2.05) is 6.92 Å². The van der Waals surface area contributed by atoms with Crippen molar-refractivity contribution in [3.05, 3.63) is 34.3 Å². The Bertz CT molecular complexity index is 399. The lowest BCUT2D eigenvalue weighted by Gasteiger charge is -2.06. The summed E-state index contributed by atoms with van der Waals surface area (Å²) < 4.78 is 4.50. The van der Waals surface area contributed by atoms with E-state index in [2.05, 4.69) is 4.74 Å². The molecule has 1 aromatic carbocycles. The number of halogens is 1. The molecule has 0 radical (unpaired) electrons. The fourth-order valence-corrected chi connectivity index (χ4v) is 1.43. The van der Waals surface area contributed by atoms with Crippen molar-refractivity contribution in [3.63, 3.8) is 0 Å². The quantitative estimate of drug-likeness (QED) is 0.575. The Hall–Kier alpha value is -1.35. The SMILES string of the molecule is CCc1cc(Cl)ccc1C(=O)OC(C)=O. The fourth-order valence-electron chi connectivity index (χ4n) is 1.24. The van der Waals surface area contributed by atoms with Crippen LogP contribution in [0.2, 0.25) is 5.02 Å². The highest BCUT2D eigenvalue weighted by atomic mass is 35.5. The molecule has 0 saturated carbocycles. The molecule has 0 saturated heterocycles. The lowest BCUT2D eigenvalue weighted by molar-refractivity contribution is -0.135. The second-order valence-corrected chi connectivity index (χ2v) is 3.47. The number of hydrogen-bond donors (Lipinski definition) is 0. The molecule has 1 aromatic rings. The van der Waals surface area contributed by atoms with E-state index >= 15 is 0 Å². The Morgan fingerprint density at radius 1 is 1.40 bits per heavy atom. The van der Waals surface area contributed by atoms with Gasteiger partial charge < -0.3 is 4.74 Å². The number of ether oxygens (including phenoxy) is 1. The summed E-state index contributed by atoms with van der Waals surface area (Å²) in [5, 5.41) is 0.561. The van der Waals surface area contributed by atoms with E-state index in [0.29, 0.717) is 17.0 Å². The van der Waals surface area contributed by atoms with Crippen LogP contribution in [0.15, 0.2) is 18.2 Å². The van der Waals surface area contributed by atoms with Crippen molar-refractivity contribution >= 4 is 23.5 Å². The van der Waals surface area contributed by atoms with Gasteiger partial charge >= 0.3 is 11.9 Å². The van der Waals surface area contributed by atoms with Gasteiger partial charge in [-0.05, 0) is 30.2 Å². The first-order valence-electron chi connectivity index (χ1n) is 4.55. The Morgan fingerprint density at radius 3 is 2.60 bits per heavy atom. The second-order valence-electron chi connectivity index (χ2n) is 3.04. The molecule has 0 unspecified atom stereocenters. The molecule has 3 nitrogen and oxygen atoms in total. The summed E-state index contributed by atoms with van der Waals surface area (Å²) in [5.41, 5.74) is 1.16. The number of rotatable bonds is 2. The standard InChI is InChI=1S/C11H11ClO3/c1-3-8-6-9(12)4-5-10(8)11(14)15-7(2)13/h4-6H,3H2,1-2H3. The number of benzene rings is 1. The number of esters is 2. The van der Waals surface area contributed by atoms with Crippen molar-refractivity contribution in [2.45, 2.75) is 20.3 Å². The van der Waals surface area contributed by atoms with Crippen LogP contribution >= 0.6 is 11.6 Å². The lowest BCUT2D eigenvalue weighted by atomic mass is 10.1. The molecule has 0 spiro atoms. The maximum Gasteiger partial charge on any atom is 0.346 e. The minimum Gasteiger partial charge on any atom is -0.390 e. The summed E-state index contributed by atoms with van der Waals surface area (Å²) in [6, 6.07) is 4.85. The molecule has 0 aromatic heterocycles. The normalized spacial score (nSPS) is 9.80. The molecule has 0 heterocycles. The first-order valence-corrected chi connectivity index (χ1v) is 4.93. The highest BCUT2D eigenvalue weighted by Crippen LogP contribution is 2.17. The molecular formula is C11H11ClO3. The molecular weight excluding hydrogens is 216 g/mol. The van der Waals surface area contributed by atoms with Crippen LogP contribution in [0.25, 0.3) is 0 Å².